The third-order valence-corrected chi connectivity index (χ3v) is 7.03. The van der Waals surface area contributed by atoms with Crippen LogP contribution in [0.2, 0.25) is 0 Å². The van der Waals surface area contributed by atoms with Crippen LogP contribution >= 0.6 is 35.1 Å². The molecule has 0 saturated carbocycles. The van der Waals surface area contributed by atoms with Crippen molar-refractivity contribution in [3.63, 3.8) is 0 Å². The minimum atomic E-state index is -0.556. The first-order valence-corrected chi connectivity index (χ1v) is 17.0. The van der Waals surface area contributed by atoms with E-state index in [2.05, 4.69) is 71.4 Å². The van der Waals surface area contributed by atoms with Gasteiger partial charge in [-0.05, 0) is 60.8 Å². The summed E-state index contributed by atoms with van der Waals surface area (Å²) in [5, 5.41) is 13.1. The van der Waals surface area contributed by atoms with Crippen LogP contribution in [0.15, 0.2) is 30.3 Å². The summed E-state index contributed by atoms with van der Waals surface area (Å²) in [6.45, 7) is 15.6. The fourth-order valence-corrected chi connectivity index (χ4v) is 5.54. The Kier molecular flexibility index (Phi) is 10.9. The number of phenols is 1. The molecule has 1 unspecified atom stereocenters. The summed E-state index contributed by atoms with van der Waals surface area (Å²) in [5.74, 6) is 0.467. The molecule has 1 atom stereocenters. The average molecular weight is 480 g/mol. The molecule has 0 amide bonds. The van der Waals surface area contributed by atoms with E-state index < -0.39 is 17.0 Å². The Hall–Kier alpha value is 0.394. The van der Waals surface area contributed by atoms with E-state index in [0.29, 0.717) is 14.3 Å². The van der Waals surface area contributed by atoms with Gasteiger partial charge in [-0.2, -0.15) is 0 Å². The number of halogens is 2. The summed E-state index contributed by atoms with van der Waals surface area (Å²) in [5.41, 5.74) is 5.18. The second-order valence-electron chi connectivity index (χ2n) is 8.13. The summed E-state index contributed by atoms with van der Waals surface area (Å²) in [6, 6.07) is 11.0. The average Bonchev–Trinajstić information content (AvgIpc) is 2.53. The molecule has 0 aliphatic carbocycles. The van der Waals surface area contributed by atoms with Gasteiger partial charge in [0.2, 0.25) is 0 Å². The predicted molar refractivity (Wildman–Crippen MR) is 126 cm³/mol. The van der Waals surface area contributed by atoms with Gasteiger partial charge < -0.3 is 5.11 Å². The molecule has 27 heavy (non-hydrogen) atoms. The first-order valence-electron chi connectivity index (χ1n) is 8.96. The van der Waals surface area contributed by atoms with Crippen molar-refractivity contribution in [1.29, 1.82) is 0 Å². The number of aryl methyl sites for hydroxylation is 2. The fraction of sp³-hybridized carbons (Fsp3) is 0.429. The SMILES string of the molecule is Cc1cc(C(C)(C)C)cc(Pc2c(C)cccc2C[PH+](C)C)c1O.[Cl][Ti][Cl]. The van der Waals surface area contributed by atoms with E-state index in [1.54, 1.807) is 0 Å². The molecule has 0 saturated heterocycles. The summed E-state index contributed by atoms with van der Waals surface area (Å²) < 4.78 is 0. The number of rotatable bonds is 4. The normalized spacial score (nSPS) is 11.6. The maximum atomic E-state index is 10.6. The number of hydrogen-bond donors (Lipinski definition) is 1. The van der Waals surface area contributed by atoms with E-state index >= 15 is 0 Å². The Morgan fingerprint density at radius 2 is 1.67 bits per heavy atom. The molecule has 2 aromatic rings. The molecule has 1 nitrogen and oxygen atoms in total. The quantitative estimate of drug-likeness (QED) is 0.403. The molecule has 0 fully saturated rings. The van der Waals surface area contributed by atoms with Crippen LogP contribution < -0.4 is 10.6 Å². The van der Waals surface area contributed by atoms with Gasteiger partial charge in [0.05, 0.1) is 6.16 Å². The zero-order valence-electron chi connectivity index (χ0n) is 17.3. The summed E-state index contributed by atoms with van der Waals surface area (Å²) >= 11 is -0.556. The zero-order valence-corrected chi connectivity index (χ0v) is 22.4. The van der Waals surface area contributed by atoms with Crippen LogP contribution in [0.4, 0.5) is 0 Å². The van der Waals surface area contributed by atoms with Crippen molar-refractivity contribution in [2.75, 3.05) is 13.3 Å². The molecule has 0 spiro atoms. The zero-order chi connectivity index (χ0) is 20.8. The predicted octanol–water partition coefficient (Wildman–Crippen LogP) is 6.29. The van der Waals surface area contributed by atoms with Crippen LogP contribution in [0, 0.1) is 13.8 Å². The van der Waals surface area contributed by atoms with E-state index in [1.807, 2.05) is 6.92 Å². The monoisotopic (exact) mass is 479 g/mol. The topological polar surface area (TPSA) is 20.2 Å². The summed E-state index contributed by atoms with van der Waals surface area (Å²) in [7, 11) is 9.96. The molecule has 6 heteroatoms. The van der Waals surface area contributed by atoms with Crippen LogP contribution in [-0.4, -0.2) is 18.4 Å². The van der Waals surface area contributed by atoms with Crippen molar-refractivity contribution < 1.29 is 22.1 Å². The standard InChI is InChI=1S/C21H30OP2.2ClH.Ti/c1-14-9-8-10-16(13-24(6)7)20(14)23-18-12-17(21(3,4)5)11-15(2)19(18)22;;;/h8-12,22-23H,13H2,1-7H3;2*1H;/q;;;+2/p-1. The van der Waals surface area contributed by atoms with Gasteiger partial charge in [-0.3, -0.25) is 0 Å². The van der Waals surface area contributed by atoms with Crippen molar-refractivity contribution in [1.82, 2.24) is 0 Å². The Bertz CT molecular complexity index is 759. The minimum absolute atomic E-state index is 0.0925. The van der Waals surface area contributed by atoms with Gasteiger partial charge in [-0.1, -0.05) is 53.6 Å². The second-order valence-corrected chi connectivity index (χ2v) is 14.8. The van der Waals surface area contributed by atoms with Gasteiger partial charge >= 0.3 is 35.6 Å². The van der Waals surface area contributed by atoms with Crippen molar-refractivity contribution in [3.05, 3.63) is 52.6 Å². The van der Waals surface area contributed by atoms with Crippen molar-refractivity contribution in [2.24, 2.45) is 0 Å². The molecule has 148 valence electrons. The van der Waals surface area contributed by atoms with E-state index in [-0.39, 0.29) is 13.3 Å². The van der Waals surface area contributed by atoms with Gasteiger partial charge in [0.15, 0.2) is 0 Å². The summed E-state index contributed by atoms with van der Waals surface area (Å²) in [4.78, 5) is 0. The molecule has 2 aromatic carbocycles. The number of hydrogen-bond acceptors (Lipinski definition) is 1. The fourth-order valence-electron chi connectivity index (χ4n) is 2.88. The molecule has 1 N–H and O–H groups in total. The van der Waals surface area contributed by atoms with Crippen LogP contribution in [-0.2, 0) is 28.6 Å². The van der Waals surface area contributed by atoms with Crippen molar-refractivity contribution >= 4 is 45.7 Å². The van der Waals surface area contributed by atoms with Gasteiger partial charge in [-0.25, -0.2) is 0 Å². The molecule has 0 radical (unpaired) electrons. The van der Waals surface area contributed by atoms with Crippen molar-refractivity contribution in [2.45, 2.75) is 46.2 Å². The molecule has 0 aliphatic rings. The molecule has 2 rings (SSSR count). The molecule has 0 bridgehead atoms. The van der Waals surface area contributed by atoms with Gasteiger partial charge in [-0.15, -0.1) is 0 Å². The molecule has 0 aromatic heterocycles. The third kappa shape index (κ3) is 7.97. The summed E-state index contributed by atoms with van der Waals surface area (Å²) in [6.07, 6.45) is 1.19. The van der Waals surface area contributed by atoms with Gasteiger partial charge in [0.25, 0.3) is 0 Å². The van der Waals surface area contributed by atoms with E-state index in [0.717, 1.165) is 10.9 Å². The van der Waals surface area contributed by atoms with Gasteiger partial charge in [0, 0.05) is 18.6 Å². The van der Waals surface area contributed by atoms with Crippen LogP contribution in [0.1, 0.15) is 43.0 Å². The molecular weight excluding hydrogens is 449 g/mol. The van der Waals surface area contributed by atoms with E-state index in [9.17, 15) is 5.11 Å². The Labute approximate surface area is 184 Å². The number of phenolic OH excluding ortho intramolecular Hbond substituents is 1. The third-order valence-electron chi connectivity index (χ3n) is 4.33. The first kappa shape index (κ1) is 25.4. The molecular formula is C21H31Cl2OP2Ti+. The van der Waals surface area contributed by atoms with E-state index in [4.69, 9.17) is 18.6 Å². The first-order chi connectivity index (χ1) is 12.5. The maximum absolute atomic E-state index is 10.6. The van der Waals surface area contributed by atoms with Crippen LogP contribution in [0.5, 0.6) is 5.75 Å². The van der Waals surface area contributed by atoms with Crippen LogP contribution in [0.25, 0.3) is 0 Å². The molecule has 0 aliphatic heterocycles. The molecule has 0 heterocycles. The van der Waals surface area contributed by atoms with Crippen LogP contribution in [0.3, 0.4) is 0 Å². The Balaban J connectivity index is 0.00000114. The Morgan fingerprint density at radius 3 is 2.19 bits per heavy atom. The number of aromatic hydroxyl groups is 1. The second kappa shape index (κ2) is 11.5. The van der Waals surface area contributed by atoms with E-state index in [1.165, 1.54) is 28.2 Å². The Morgan fingerprint density at radius 1 is 1.07 bits per heavy atom. The van der Waals surface area contributed by atoms with Gasteiger partial charge in [0.1, 0.15) is 5.75 Å². The number of benzene rings is 2. The van der Waals surface area contributed by atoms with Crippen molar-refractivity contribution in [3.8, 4) is 5.75 Å².